The maximum Gasteiger partial charge on any atom is 0.341 e. The van der Waals surface area contributed by atoms with Crippen LogP contribution in [0.3, 0.4) is 0 Å². The number of hydrogen-bond acceptors (Lipinski definition) is 3. The van der Waals surface area contributed by atoms with Crippen molar-refractivity contribution in [3.8, 4) is 0 Å². The lowest BCUT2D eigenvalue weighted by Gasteiger charge is -2.06. The van der Waals surface area contributed by atoms with Crippen LogP contribution in [0.15, 0.2) is 0 Å². The van der Waals surface area contributed by atoms with Crippen LogP contribution in [-0.2, 0) is 20.4 Å². The Labute approximate surface area is 58.0 Å². The lowest BCUT2D eigenvalue weighted by Crippen LogP contribution is -1.85. The van der Waals surface area contributed by atoms with Crippen molar-refractivity contribution >= 4 is 30.4 Å². The van der Waals surface area contributed by atoms with Crippen molar-refractivity contribution in [2.24, 2.45) is 0 Å². The highest BCUT2D eigenvalue weighted by atomic mass is 35.5. The average Bonchev–Trinajstić information content (AvgIpc) is 1.67. The van der Waals surface area contributed by atoms with Crippen LogP contribution in [0.4, 0.5) is 0 Å². The summed E-state index contributed by atoms with van der Waals surface area (Å²) in [6.07, 6.45) is 0. The minimum atomic E-state index is -3.07. The molecule has 8 heavy (non-hydrogen) atoms. The fraction of sp³-hybridized carbons (Fsp3) is 1.00. The molecule has 0 bridgehead atoms. The van der Waals surface area contributed by atoms with Gasteiger partial charge in [0.15, 0.2) is 0 Å². The third kappa shape index (κ3) is 3.78. The van der Waals surface area contributed by atoms with Gasteiger partial charge in [-0.1, -0.05) is 0 Å². The molecule has 0 spiro atoms. The Hall–Kier alpha value is 0.820. The Kier molecular flexibility index (Phi) is 4.16. The van der Waals surface area contributed by atoms with Crippen molar-refractivity contribution in [3.05, 3.63) is 0 Å². The molecule has 0 aromatic rings. The molecule has 0 radical (unpaired) electrons. The number of hydrogen-bond donors (Lipinski definition) is 1. The zero-order valence-corrected chi connectivity index (χ0v) is 6.67. The van der Waals surface area contributed by atoms with Gasteiger partial charge in [0.1, 0.15) is 0 Å². The molecular formula is C2H6ClO3PS. The van der Waals surface area contributed by atoms with Crippen molar-refractivity contribution in [3.63, 3.8) is 0 Å². The van der Waals surface area contributed by atoms with Gasteiger partial charge in [0.05, 0.1) is 18.5 Å². The van der Waals surface area contributed by atoms with E-state index in [-0.39, 0.29) is 0 Å². The van der Waals surface area contributed by atoms with Crippen LogP contribution in [0.25, 0.3) is 0 Å². The Morgan fingerprint density at radius 3 is 2.50 bits per heavy atom. The second-order valence-electron chi connectivity index (χ2n) is 0.955. The third-order valence-corrected chi connectivity index (χ3v) is 2.48. The van der Waals surface area contributed by atoms with Crippen molar-refractivity contribution in [1.29, 1.82) is 0 Å². The summed E-state index contributed by atoms with van der Waals surface area (Å²) in [6.45, 7) is -1.08. The molecular weight excluding hydrogens is 171 g/mol. The molecule has 0 aromatic heterocycles. The largest absolute Gasteiger partial charge is 0.341 e. The molecule has 1 atom stereocenters. The lowest BCUT2D eigenvalue weighted by atomic mass is 10.9. The summed E-state index contributed by atoms with van der Waals surface area (Å²) in [5.41, 5.74) is 0. The molecule has 6 heteroatoms. The quantitative estimate of drug-likeness (QED) is 0.660. The molecule has 50 valence electrons. The van der Waals surface area contributed by atoms with Crippen LogP contribution in [-0.4, -0.2) is 11.5 Å². The van der Waals surface area contributed by atoms with Crippen molar-refractivity contribution < 1.29 is 13.5 Å². The molecule has 0 amide bonds. The van der Waals surface area contributed by atoms with E-state index in [1.165, 1.54) is 0 Å². The van der Waals surface area contributed by atoms with Crippen LogP contribution in [0.2, 0.25) is 0 Å². The minimum Gasteiger partial charge on any atom is -0.324 e. The van der Waals surface area contributed by atoms with E-state index in [4.69, 9.17) is 16.8 Å². The molecule has 0 fully saturated rings. The van der Waals surface area contributed by atoms with E-state index in [1.807, 2.05) is 0 Å². The van der Waals surface area contributed by atoms with Gasteiger partial charge in [-0.15, -0.1) is 0 Å². The number of halogens is 1. The van der Waals surface area contributed by atoms with Crippen LogP contribution in [0.1, 0.15) is 6.92 Å². The van der Waals surface area contributed by atoms with E-state index in [9.17, 15) is 0 Å². The highest BCUT2D eigenvalue weighted by Crippen LogP contribution is 2.44. The van der Waals surface area contributed by atoms with Crippen molar-refractivity contribution in [2.75, 3.05) is 6.61 Å². The maximum atomic E-state index is 8.67. The monoisotopic (exact) mass is 176 g/mol. The number of rotatable bonds is 3. The fourth-order valence-electron chi connectivity index (χ4n) is 0.183. The first-order valence-corrected chi connectivity index (χ1v) is 4.80. The van der Waals surface area contributed by atoms with Crippen molar-refractivity contribution in [1.82, 2.24) is 0 Å². The van der Waals surface area contributed by atoms with Crippen LogP contribution in [0, 0.1) is 0 Å². The predicted molar refractivity (Wildman–Crippen MR) is 35.1 cm³/mol. The summed E-state index contributed by atoms with van der Waals surface area (Å²) in [7, 11) is 0. The minimum absolute atomic E-state index is 0.306. The SMILES string of the molecule is CCOP(O)(=S)OCl. The van der Waals surface area contributed by atoms with Gasteiger partial charge in [0.25, 0.3) is 0 Å². The van der Waals surface area contributed by atoms with E-state index in [0.29, 0.717) is 6.61 Å². The topological polar surface area (TPSA) is 38.7 Å². The summed E-state index contributed by atoms with van der Waals surface area (Å²) in [4.78, 5) is 8.67. The second kappa shape index (κ2) is 3.77. The lowest BCUT2D eigenvalue weighted by molar-refractivity contribution is 0.277. The first-order chi connectivity index (χ1) is 3.62. The van der Waals surface area contributed by atoms with Gasteiger partial charge in [-0.25, -0.2) is 0 Å². The van der Waals surface area contributed by atoms with E-state index in [1.54, 1.807) is 6.92 Å². The van der Waals surface area contributed by atoms with Gasteiger partial charge in [-0.2, -0.15) is 4.08 Å². The summed E-state index contributed by atoms with van der Waals surface area (Å²) < 4.78 is 8.42. The molecule has 0 aliphatic carbocycles. The average molecular weight is 177 g/mol. The van der Waals surface area contributed by atoms with Crippen molar-refractivity contribution in [2.45, 2.75) is 6.92 Å². The van der Waals surface area contributed by atoms with Gasteiger partial charge in [0, 0.05) is 0 Å². The van der Waals surface area contributed by atoms with Gasteiger partial charge >= 0.3 is 6.72 Å². The summed E-state index contributed by atoms with van der Waals surface area (Å²) in [5, 5.41) is 0. The molecule has 0 aromatic carbocycles. The standard InChI is InChI=1S/C2H6ClO3PS/c1-2-5-7(4,8)6-3/h2H2,1H3,(H,4,8). The van der Waals surface area contributed by atoms with Gasteiger partial charge < -0.3 is 9.42 Å². The zero-order chi connectivity index (χ0) is 6.62. The molecule has 1 N–H and O–H groups in total. The molecule has 0 heterocycles. The third-order valence-electron chi connectivity index (χ3n) is 0.379. The van der Waals surface area contributed by atoms with Gasteiger partial charge in [0.2, 0.25) is 0 Å². The van der Waals surface area contributed by atoms with E-state index >= 15 is 0 Å². The van der Waals surface area contributed by atoms with Gasteiger partial charge in [-0.3, -0.25) is 0 Å². The zero-order valence-electron chi connectivity index (χ0n) is 4.20. The molecule has 0 aliphatic heterocycles. The molecule has 0 saturated carbocycles. The highest BCUT2D eigenvalue weighted by Gasteiger charge is 2.11. The van der Waals surface area contributed by atoms with E-state index in [0.717, 1.165) is 0 Å². The maximum absolute atomic E-state index is 8.67. The second-order valence-corrected chi connectivity index (χ2v) is 4.09. The predicted octanol–water partition coefficient (Wildman–Crippen LogP) is 1.41. The smallest absolute Gasteiger partial charge is 0.324 e. The normalized spacial score (nSPS) is 17.9. The van der Waals surface area contributed by atoms with E-state index in [2.05, 4.69) is 20.4 Å². The molecule has 0 rings (SSSR count). The summed E-state index contributed by atoms with van der Waals surface area (Å²) in [6, 6.07) is 0. The van der Waals surface area contributed by atoms with Crippen LogP contribution in [0.5, 0.6) is 0 Å². The van der Waals surface area contributed by atoms with Gasteiger partial charge in [-0.05, 0) is 18.7 Å². The molecule has 3 nitrogen and oxygen atoms in total. The Morgan fingerprint density at radius 2 is 2.38 bits per heavy atom. The Balaban J connectivity index is 3.55. The fourth-order valence-corrected chi connectivity index (χ4v) is 0.985. The first-order valence-electron chi connectivity index (χ1n) is 1.90. The molecule has 0 aliphatic rings. The first kappa shape index (κ1) is 8.82. The molecule has 1 unspecified atom stereocenters. The Bertz CT molecular complexity index is 107. The Morgan fingerprint density at radius 1 is 1.88 bits per heavy atom. The van der Waals surface area contributed by atoms with Crippen LogP contribution < -0.4 is 0 Å². The van der Waals surface area contributed by atoms with Crippen LogP contribution >= 0.6 is 18.6 Å². The molecule has 0 saturated heterocycles. The summed E-state index contributed by atoms with van der Waals surface area (Å²) in [5.74, 6) is 0. The highest BCUT2D eigenvalue weighted by molar-refractivity contribution is 8.07. The summed E-state index contributed by atoms with van der Waals surface area (Å²) >= 11 is 9.08. The van der Waals surface area contributed by atoms with E-state index < -0.39 is 6.72 Å².